The molecule has 0 fully saturated rings. The molecule has 0 unspecified atom stereocenters. The van der Waals surface area contributed by atoms with Gasteiger partial charge in [-0.25, -0.2) is 4.98 Å². The van der Waals surface area contributed by atoms with Crippen LogP contribution in [0, 0.1) is 18.3 Å². The number of anilines is 2. The Morgan fingerprint density at radius 3 is 2.50 bits per heavy atom. The van der Waals surface area contributed by atoms with Gasteiger partial charge in [0, 0.05) is 5.56 Å². The SMILES string of the molecule is Cc1cc(B(O)O)ccc1-c1nc(N)nc(N)c1C#N. The zero-order valence-corrected chi connectivity index (χ0v) is 10.7. The molecule has 2 aromatic rings. The predicted molar refractivity (Wildman–Crippen MR) is 75.6 cm³/mol. The molecule has 1 aromatic carbocycles. The minimum atomic E-state index is -1.56. The van der Waals surface area contributed by atoms with E-state index in [4.69, 9.17) is 26.8 Å². The first-order chi connectivity index (χ1) is 9.43. The first-order valence-corrected chi connectivity index (χ1v) is 5.74. The summed E-state index contributed by atoms with van der Waals surface area (Å²) in [5.41, 5.74) is 13.4. The van der Waals surface area contributed by atoms with Gasteiger partial charge < -0.3 is 21.5 Å². The van der Waals surface area contributed by atoms with Crippen molar-refractivity contribution in [1.29, 1.82) is 5.26 Å². The second-order valence-electron chi connectivity index (χ2n) is 4.25. The standard InChI is InChI=1S/C12H12BN5O2/c1-6-4-7(13(19)20)2-3-8(6)10-9(5-14)11(15)18-12(16)17-10/h2-4,19-20H,1H3,(H4,15,16,17,18). The highest BCUT2D eigenvalue weighted by Gasteiger charge is 2.17. The molecule has 0 bridgehead atoms. The van der Waals surface area contributed by atoms with E-state index in [9.17, 15) is 0 Å². The van der Waals surface area contributed by atoms with E-state index in [0.29, 0.717) is 22.3 Å². The van der Waals surface area contributed by atoms with E-state index >= 15 is 0 Å². The lowest BCUT2D eigenvalue weighted by molar-refractivity contribution is 0.426. The molecule has 0 spiro atoms. The summed E-state index contributed by atoms with van der Waals surface area (Å²) in [6.45, 7) is 1.76. The van der Waals surface area contributed by atoms with Gasteiger partial charge in [0.1, 0.15) is 17.5 Å². The number of hydrogen-bond donors (Lipinski definition) is 4. The smallest absolute Gasteiger partial charge is 0.423 e. The van der Waals surface area contributed by atoms with Crippen molar-refractivity contribution >= 4 is 24.3 Å². The van der Waals surface area contributed by atoms with Crippen LogP contribution in [0.2, 0.25) is 0 Å². The summed E-state index contributed by atoms with van der Waals surface area (Å²) in [5.74, 6) is -0.0113. The number of hydrogen-bond acceptors (Lipinski definition) is 7. The van der Waals surface area contributed by atoms with Gasteiger partial charge in [-0.15, -0.1) is 0 Å². The molecular formula is C12H12BN5O2. The van der Waals surface area contributed by atoms with E-state index in [1.165, 1.54) is 6.07 Å². The van der Waals surface area contributed by atoms with Gasteiger partial charge in [0.25, 0.3) is 0 Å². The van der Waals surface area contributed by atoms with Crippen LogP contribution in [0.3, 0.4) is 0 Å². The van der Waals surface area contributed by atoms with Crippen LogP contribution in [0.4, 0.5) is 11.8 Å². The third-order valence-electron chi connectivity index (χ3n) is 2.87. The summed E-state index contributed by atoms with van der Waals surface area (Å²) >= 11 is 0. The largest absolute Gasteiger partial charge is 0.488 e. The van der Waals surface area contributed by atoms with Crippen molar-refractivity contribution < 1.29 is 10.0 Å². The molecule has 0 aliphatic rings. The molecule has 1 heterocycles. The molecule has 0 atom stereocenters. The van der Waals surface area contributed by atoms with Crippen LogP contribution in [0.1, 0.15) is 11.1 Å². The highest BCUT2D eigenvalue weighted by atomic mass is 16.4. The van der Waals surface area contributed by atoms with Crippen LogP contribution in [0.5, 0.6) is 0 Å². The van der Waals surface area contributed by atoms with Gasteiger partial charge >= 0.3 is 7.12 Å². The molecule has 8 heteroatoms. The van der Waals surface area contributed by atoms with Crippen molar-refractivity contribution in [3.63, 3.8) is 0 Å². The van der Waals surface area contributed by atoms with Crippen molar-refractivity contribution in [2.24, 2.45) is 0 Å². The van der Waals surface area contributed by atoms with Crippen LogP contribution in [0.15, 0.2) is 18.2 Å². The lowest BCUT2D eigenvalue weighted by Crippen LogP contribution is -2.29. The number of rotatable bonds is 2. The Balaban J connectivity index is 2.66. The minimum Gasteiger partial charge on any atom is -0.423 e. The highest BCUT2D eigenvalue weighted by molar-refractivity contribution is 6.58. The van der Waals surface area contributed by atoms with Gasteiger partial charge in [-0.3, -0.25) is 0 Å². The second-order valence-corrected chi connectivity index (χ2v) is 4.25. The van der Waals surface area contributed by atoms with Crippen LogP contribution in [0.25, 0.3) is 11.3 Å². The van der Waals surface area contributed by atoms with Crippen LogP contribution >= 0.6 is 0 Å². The summed E-state index contributed by atoms with van der Waals surface area (Å²) in [6.07, 6.45) is 0. The number of nitrogens with zero attached hydrogens (tertiary/aromatic N) is 3. The molecule has 100 valence electrons. The monoisotopic (exact) mass is 269 g/mol. The average Bonchev–Trinajstić information content (AvgIpc) is 2.37. The van der Waals surface area contributed by atoms with E-state index in [-0.39, 0.29) is 17.3 Å². The molecule has 0 aliphatic heterocycles. The van der Waals surface area contributed by atoms with Crippen molar-refractivity contribution in [1.82, 2.24) is 9.97 Å². The first kappa shape index (κ1) is 13.8. The van der Waals surface area contributed by atoms with Gasteiger partial charge in [0.15, 0.2) is 0 Å². The maximum absolute atomic E-state index is 9.15. The quantitative estimate of drug-likeness (QED) is 0.521. The second kappa shape index (κ2) is 5.17. The molecule has 0 saturated heterocycles. The number of nitriles is 1. The average molecular weight is 269 g/mol. The first-order valence-electron chi connectivity index (χ1n) is 5.74. The predicted octanol–water partition coefficient (Wildman–Crippen LogP) is -0.832. The van der Waals surface area contributed by atoms with Crippen molar-refractivity contribution in [3.8, 4) is 17.3 Å². The Morgan fingerprint density at radius 1 is 1.25 bits per heavy atom. The Bertz CT molecular complexity index is 712. The lowest BCUT2D eigenvalue weighted by atomic mass is 9.78. The van der Waals surface area contributed by atoms with E-state index in [1.807, 2.05) is 6.07 Å². The Kier molecular flexibility index (Phi) is 3.56. The molecular weight excluding hydrogens is 257 g/mol. The van der Waals surface area contributed by atoms with Gasteiger partial charge in [0.2, 0.25) is 5.95 Å². The molecule has 2 rings (SSSR count). The van der Waals surface area contributed by atoms with Gasteiger partial charge in [0.05, 0.1) is 5.69 Å². The van der Waals surface area contributed by atoms with Gasteiger partial charge in [-0.05, 0) is 17.9 Å². The summed E-state index contributed by atoms with van der Waals surface area (Å²) in [4.78, 5) is 7.80. The number of aromatic nitrogens is 2. The van der Waals surface area contributed by atoms with Gasteiger partial charge in [-0.1, -0.05) is 18.2 Å². The molecule has 6 N–H and O–H groups in total. The fraction of sp³-hybridized carbons (Fsp3) is 0.0833. The number of nitrogens with two attached hydrogens (primary N) is 2. The van der Waals surface area contributed by atoms with Gasteiger partial charge in [-0.2, -0.15) is 10.2 Å². The summed E-state index contributed by atoms with van der Waals surface area (Å²) in [6, 6.07) is 6.70. The lowest BCUT2D eigenvalue weighted by Gasteiger charge is -2.10. The molecule has 0 radical (unpaired) electrons. The Hall–Kier alpha value is -2.63. The van der Waals surface area contributed by atoms with E-state index in [2.05, 4.69) is 9.97 Å². The zero-order valence-electron chi connectivity index (χ0n) is 10.7. The molecule has 0 amide bonds. The van der Waals surface area contributed by atoms with E-state index < -0.39 is 7.12 Å². The third kappa shape index (κ3) is 2.40. The van der Waals surface area contributed by atoms with Crippen LogP contribution in [-0.4, -0.2) is 27.1 Å². The third-order valence-corrected chi connectivity index (χ3v) is 2.87. The normalized spacial score (nSPS) is 10.1. The highest BCUT2D eigenvalue weighted by Crippen LogP contribution is 2.27. The molecule has 0 aliphatic carbocycles. The number of aryl methyl sites for hydroxylation is 1. The number of benzene rings is 1. The van der Waals surface area contributed by atoms with Crippen LogP contribution in [-0.2, 0) is 0 Å². The van der Waals surface area contributed by atoms with Crippen molar-refractivity contribution in [2.75, 3.05) is 11.5 Å². The van der Waals surface area contributed by atoms with E-state index in [0.717, 1.165) is 0 Å². The van der Waals surface area contributed by atoms with Crippen LogP contribution < -0.4 is 16.9 Å². The Labute approximate surface area is 115 Å². The summed E-state index contributed by atoms with van der Waals surface area (Å²) in [7, 11) is -1.56. The summed E-state index contributed by atoms with van der Waals surface area (Å²) < 4.78 is 0. The maximum Gasteiger partial charge on any atom is 0.488 e. The molecule has 7 nitrogen and oxygen atoms in total. The van der Waals surface area contributed by atoms with Crippen molar-refractivity contribution in [3.05, 3.63) is 29.3 Å². The number of nitrogen functional groups attached to an aromatic ring is 2. The topological polar surface area (TPSA) is 142 Å². The zero-order chi connectivity index (χ0) is 14.9. The fourth-order valence-corrected chi connectivity index (χ4v) is 1.91. The Morgan fingerprint density at radius 2 is 1.95 bits per heavy atom. The maximum atomic E-state index is 9.15. The summed E-state index contributed by atoms with van der Waals surface area (Å²) in [5, 5.41) is 27.4. The fourth-order valence-electron chi connectivity index (χ4n) is 1.91. The van der Waals surface area contributed by atoms with E-state index in [1.54, 1.807) is 19.1 Å². The molecule has 0 saturated carbocycles. The van der Waals surface area contributed by atoms with Crippen molar-refractivity contribution in [2.45, 2.75) is 6.92 Å². The molecule has 1 aromatic heterocycles. The molecule has 20 heavy (non-hydrogen) atoms. The minimum absolute atomic E-state index is 0.0145.